The van der Waals surface area contributed by atoms with Crippen molar-refractivity contribution in [1.29, 1.82) is 0 Å². The minimum atomic E-state index is -3.70. The Bertz CT molecular complexity index is 807. The Hall–Kier alpha value is -0.560. The molecule has 3 nitrogen and oxygen atoms in total. The van der Waals surface area contributed by atoms with E-state index in [2.05, 4.69) is 36.6 Å². The Balaban J connectivity index is 2.43. The summed E-state index contributed by atoms with van der Waals surface area (Å²) >= 11 is 12.6. The van der Waals surface area contributed by atoms with Crippen molar-refractivity contribution in [2.45, 2.75) is 18.7 Å². The maximum atomic E-state index is 12.5. The normalized spacial score (nSPS) is 11.5. The smallest absolute Gasteiger partial charge is 0.263 e. The Kier molecular flexibility index (Phi) is 5.03. The van der Waals surface area contributed by atoms with Crippen LogP contribution in [0, 0.1) is 13.8 Å². The maximum Gasteiger partial charge on any atom is 0.263 e. The van der Waals surface area contributed by atoms with E-state index in [0.717, 1.165) is 15.6 Å². The average Bonchev–Trinajstić information content (AvgIpc) is 2.37. The molecule has 0 saturated carbocycles. The summed E-state index contributed by atoms with van der Waals surface area (Å²) < 4.78 is 28.7. The lowest BCUT2D eigenvalue weighted by Gasteiger charge is -2.12. The predicted octanol–water partition coefficient (Wildman–Crippen LogP) is 5.28. The number of aryl methyl sites for hydroxylation is 2. The van der Waals surface area contributed by atoms with E-state index in [1.165, 1.54) is 0 Å². The third-order valence-corrected chi connectivity index (χ3v) is 6.53. The first-order chi connectivity index (χ1) is 9.70. The van der Waals surface area contributed by atoms with Gasteiger partial charge < -0.3 is 0 Å². The molecule has 0 heterocycles. The Morgan fingerprint density at radius 1 is 1.00 bits per heavy atom. The largest absolute Gasteiger partial charge is 0.280 e. The Morgan fingerprint density at radius 2 is 1.67 bits per heavy atom. The van der Waals surface area contributed by atoms with Gasteiger partial charge in [-0.15, -0.1) is 0 Å². The topological polar surface area (TPSA) is 46.2 Å². The summed E-state index contributed by atoms with van der Waals surface area (Å²) in [4.78, 5) is 0.164. The molecular weight excluding hydrogens is 441 g/mol. The molecule has 0 fully saturated rings. The highest BCUT2D eigenvalue weighted by Crippen LogP contribution is 2.30. The quantitative estimate of drug-likeness (QED) is 0.687. The van der Waals surface area contributed by atoms with Crippen LogP contribution < -0.4 is 4.72 Å². The van der Waals surface area contributed by atoms with Gasteiger partial charge in [-0.05, 0) is 65.2 Å². The van der Waals surface area contributed by atoms with E-state index >= 15 is 0 Å². The van der Waals surface area contributed by atoms with E-state index in [4.69, 9.17) is 11.6 Å². The number of benzene rings is 2. The lowest BCUT2D eigenvalue weighted by atomic mass is 10.2. The van der Waals surface area contributed by atoms with Crippen LogP contribution in [0.2, 0.25) is 5.02 Å². The minimum absolute atomic E-state index is 0.164. The highest BCUT2D eigenvalue weighted by molar-refractivity contribution is 9.11. The average molecular weight is 454 g/mol. The molecule has 0 aliphatic rings. The molecule has 0 spiro atoms. The maximum absolute atomic E-state index is 12.5. The van der Waals surface area contributed by atoms with Crippen molar-refractivity contribution in [3.05, 3.63) is 55.4 Å². The van der Waals surface area contributed by atoms with Crippen LogP contribution in [-0.2, 0) is 10.0 Å². The summed E-state index contributed by atoms with van der Waals surface area (Å²) in [5, 5.41) is 0.513. The second-order valence-electron chi connectivity index (χ2n) is 4.60. The fraction of sp³-hybridized carbons (Fsp3) is 0.143. The van der Waals surface area contributed by atoms with Crippen molar-refractivity contribution in [2.24, 2.45) is 0 Å². The monoisotopic (exact) mass is 451 g/mol. The van der Waals surface area contributed by atoms with E-state index in [1.807, 2.05) is 13.8 Å². The number of anilines is 1. The van der Waals surface area contributed by atoms with Gasteiger partial charge in [0.05, 0.1) is 5.69 Å². The van der Waals surface area contributed by atoms with Gasteiger partial charge in [0.15, 0.2) is 0 Å². The van der Waals surface area contributed by atoms with Gasteiger partial charge in [0.1, 0.15) is 4.90 Å². The molecule has 1 N–H and O–H groups in total. The lowest BCUT2D eigenvalue weighted by molar-refractivity contribution is 0.600. The van der Waals surface area contributed by atoms with E-state index in [-0.39, 0.29) is 4.90 Å². The van der Waals surface area contributed by atoms with Crippen LogP contribution in [0.5, 0.6) is 0 Å². The molecular formula is C14H12Br2ClNO2S. The Morgan fingerprint density at radius 3 is 2.29 bits per heavy atom. The summed E-state index contributed by atoms with van der Waals surface area (Å²) in [6.45, 7) is 3.74. The summed E-state index contributed by atoms with van der Waals surface area (Å²) in [6, 6.07) is 8.35. The van der Waals surface area contributed by atoms with Crippen LogP contribution in [0.25, 0.3) is 0 Å². The van der Waals surface area contributed by atoms with Gasteiger partial charge >= 0.3 is 0 Å². The van der Waals surface area contributed by atoms with Crippen LogP contribution in [0.4, 0.5) is 5.69 Å². The molecule has 2 rings (SSSR count). The van der Waals surface area contributed by atoms with Crippen LogP contribution in [0.15, 0.2) is 44.2 Å². The van der Waals surface area contributed by atoms with E-state index in [0.29, 0.717) is 15.2 Å². The van der Waals surface area contributed by atoms with Crippen molar-refractivity contribution in [1.82, 2.24) is 0 Å². The van der Waals surface area contributed by atoms with Crippen LogP contribution in [0.3, 0.4) is 0 Å². The third-order valence-electron chi connectivity index (χ3n) is 2.93. The molecule has 2 aromatic rings. The van der Waals surface area contributed by atoms with Crippen LogP contribution >= 0.6 is 43.5 Å². The number of hydrogen-bond acceptors (Lipinski definition) is 2. The van der Waals surface area contributed by atoms with Gasteiger partial charge in [0.2, 0.25) is 0 Å². The molecule has 0 radical (unpaired) electrons. The van der Waals surface area contributed by atoms with E-state index < -0.39 is 10.0 Å². The molecule has 2 aromatic carbocycles. The van der Waals surface area contributed by atoms with Gasteiger partial charge in [-0.1, -0.05) is 33.6 Å². The third kappa shape index (κ3) is 3.80. The fourth-order valence-corrected chi connectivity index (χ4v) is 4.61. The number of sulfonamides is 1. The molecule has 0 saturated heterocycles. The zero-order valence-electron chi connectivity index (χ0n) is 11.2. The molecule has 0 atom stereocenters. The standard InChI is InChI=1S/C14H12Br2ClNO2S/c1-8-3-4-10(6-13(8)17)18-21(19,20)14-7-11(15)9(2)5-12(14)16/h3-7,18H,1-2H3. The van der Waals surface area contributed by atoms with Crippen LogP contribution in [0.1, 0.15) is 11.1 Å². The zero-order valence-corrected chi connectivity index (χ0v) is 16.0. The van der Waals surface area contributed by atoms with Gasteiger partial charge in [-0.3, -0.25) is 4.72 Å². The number of hydrogen-bond donors (Lipinski definition) is 1. The molecule has 0 unspecified atom stereocenters. The molecule has 0 aliphatic carbocycles. The van der Waals surface area contributed by atoms with Crippen molar-refractivity contribution in [3.8, 4) is 0 Å². The van der Waals surface area contributed by atoms with Gasteiger partial charge in [0.25, 0.3) is 10.0 Å². The predicted molar refractivity (Wildman–Crippen MR) is 93.6 cm³/mol. The van der Waals surface area contributed by atoms with Gasteiger partial charge in [0, 0.05) is 14.0 Å². The molecule has 0 bridgehead atoms. The second-order valence-corrected chi connectivity index (χ2v) is 8.37. The highest BCUT2D eigenvalue weighted by Gasteiger charge is 2.19. The summed E-state index contributed by atoms with van der Waals surface area (Å²) in [5.41, 5.74) is 2.26. The van der Waals surface area contributed by atoms with Gasteiger partial charge in [-0.25, -0.2) is 8.42 Å². The highest BCUT2D eigenvalue weighted by atomic mass is 79.9. The molecule has 112 valence electrons. The summed E-state index contributed by atoms with van der Waals surface area (Å²) in [7, 11) is -3.70. The molecule has 0 amide bonds. The second kappa shape index (κ2) is 6.28. The van der Waals surface area contributed by atoms with Crippen molar-refractivity contribution in [3.63, 3.8) is 0 Å². The number of nitrogens with one attached hydrogen (secondary N) is 1. The first-order valence-electron chi connectivity index (χ1n) is 5.95. The van der Waals surface area contributed by atoms with E-state index in [9.17, 15) is 8.42 Å². The minimum Gasteiger partial charge on any atom is -0.280 e. The fourth-order valence-electron chi connectivity index (χ4n) is 1.70. The summed E-state index contributed by atoms with van der Waals surface area (Å²) in [6.07, 6.45) is 0. The molecule has 0 aromatic heterocycles. The van der Waals surface area contributed by atoms with Crippen molar-refractivity contribution >= 4 is 59.2 Å². The summed E-state index contributed by atoms with van der Waals surface area (Å²) in [5.74, 6) is 0. The van der Waals surface area contributed by atoms with Crippen molar-refractivity contribution in [2.75, 3.05) is 4.72 Å². The van der Waals surface area contributed by atoms with Crippen molar-refractivity contribution < 1.29 is 8.42 Å². The van der Waals surface area contributed by atoms with Gasteiger partial charge in [-0.2, -0.15) is 0 Å². The van der Waals surface area contributed by atoms with E-state index in [1.54, 1.807) is 30.3 Å². The lowest BCUT2D eigenvalue weighted by Crippen LogP contribution is -2.14. The Labute approximate surface area is 146 Å². The number of rotatable bonds is 3. The molecule has 0 aliphatic heterocycles. The first kappa shape index (κ1) is 16.8. The van der Waals surface area contributed by atoms with Crippen LogP contribution in [-0.4, -0.2) is 8.42 Å². The first-order valence-corrected chi connectivity index (χ1v) is 9.40. The molecule has 7 heteroatoms. The molecule has 21 heavy (non-hydrogen) atoms. The SMILES string of the molecule is Cc1ccc(NS(=O)(=O)c2cc(Br)c(C)cc2Br)cc1Cl. The number of halogens is 3. The zero-order chi connectivity index (χ0) is 15.8.